The van der Waals surface area contributed by atoms with Crippen molar-refractivity contribution in [2.75, 3.05) is 20.3 Å². The van der Waals surface area contributed by atoms with Gasteiger partial charge < -0.3 is 14.2 Å². The van der Waals surface area contributed by atoms with Gasteiger partial charge in [0.15, 0.2) is 6.29 Å². The summed E-state index contributed by atoms with van der Waals surface area (Å²) in [5, 5.41) is 0. The lowest BCUT2D eigenvalue weighted by atomic mass is 10.2. The van der Waals surface area contributed by atoms with Crippen molar-refractivity contribution >= 4 is 0 Å². The first-order chi connectivity index (χ1) is 6.88. The molecule has 0 unspecified atom stereocenters. The number of nitrogens with zero attached hydrogens (tertiary/aromatic N) is 1. The Morgan fingerprint density at radius 2 is 2.21 bits per heavy atom. The van der Waals surface area contributed by atoms with Gasteiger partial charge >= 0.3 is 0 Å². The number of methoxy groups -OCH3 is 1. The van der Waals surface area contributed by atoms with Gasteiger partial charge in [-0.05, 0) is 11.6 Å². The predicted molar refractivity (Wildman–Crippen MR) is 50.2 cm³/mol. The molecule has 0 spiro atoms. The van der Waals surface area contributed by atoms with Crippen molar-refractivity contribution in [1.82, 2.24) is 4.98 Å². The van der Waals surface area contributed by atoms with Gasteiger partial charge in [0.2, 0.25) is 0 Å². The molecule has 0 atom stereocenters. The zero-order valence-corrected chi connectivity index (χ0v) is 8.10. The van der Waals surface area contributed by atoms with Crippen molar-refractivity contribution in [3.63, 3.8) is 0 Å². The Hall–Kier alpha value is -1.13. The average Bonchev–Trinajstić information content (AvgIpc) is 2.71. The highest BCUT2D eigenvalue weighted by atomic mass is 16.7. The minimum Gasteiger partial charge on any atom is -0.495 e. The van der Waals surface area contributed by atoms with Crippen molar-refractivity contribution in [1.29, 1.82) is 0 Å². The van der Waals surface area contributed by atoms with Crippen LogP contribution >= 0.6 is 0 Å². The van der Waals surface area contributed by atoms with E-state index in [1.807, 2.05) is 6.07 Å². The van der Waals surface area contributed by atoms with E-state index in [9.17, 15) is 0 Å². The molecule has 2 heterocycles. The standard InChI is InChI=1S/C10H13NO3/c1-12-9-4-8(6-11-7-9)5-10-13-2-3-14-10/h4,6-7,10H,2-3,5H2,1H3. The molecular weight excluding hydrogens is 182 g/mol. The number of pyridine rings is 1. The summed E-state index contributed by atoms with van der Waals surface area (Å²) in [4.78, 5) is 4.06. The summed E-state index contributed by atoms with van der Waals surface area (Å²) in [6, 6.07) is 1.94. The molecule has 1 fully saturated rings. The van der Waals surface area contributed by atoms with E-state index in [2.05, 4.69) is 4.98 Å². The molecule has 1 aliphatic rings. The van der Waals surface area contributed by atoms with E-state index in [-0.39, 0.29) is 6.29 Å². The minimum atomic E-state index is -0.121. The number of ether oxygens (including phenoxy) is 3. The highest BCUT2D eigenvalue weighted by Crippen LogP contribution is 2.15. The van der Waals surface area contributed by atoms with Crippen LogP contribution < -0.4 is 4.74 Å². The fraction of sp³-hybridized carbons (Fsp3) is 0.500. The summed E-state index contributed by atoms with van der Waals surface area (Å²) in [7, 11) is 1.63. The second-order valence-electron chi connectivity index (χ2n) is 3.11. The first-order valence-corrected chi connectivity index (χ1v) is 4.59. The maximum atomic E-state index is 5.34. The quantitative estimate of drug-likeness (QED) is 0.721. The Morgan fingerprint density at radius 3 is 2.93 bits per heavy atom. The van der Waals surface area contributed by atoms with E-state index < -0.39 is 0 Å². The molecule has 4 heteroatoms. The van der Waals surface area contributed by atoms with Gasteiger partial charge in [0.1, 0.15) is 5.75 Å². The summed E-state index contributed by atoms with van der Waals surface area (Å²) in [6.45, 7) is 1.37. The molecule has 2 rings (SSSR count). The largest absolute Gasteiger partial charge is 0.495 e. The summed E-state index contributed by atoms with van der Waals surface area (Å²) in [5.41, 5.74) is 1.07. The monoisotopic (exact) mass is 195 g/mol. The molecule has 0 saturated carbocycles. The van der Waals surface area contributed by atoms with Gasteiger partial charge in [-0.15, -0.1) is 0 Å². The van der Waals surface area contributed by atoms with Crippen molar-refractivity contribution in [2.24, 2.45) is 0 Å². The maximum Gasteiger partial charge on any atom is 0.161 e. The predicted octanol–water partition coefficient (Wildman–Crippen LogP) is 1.01. The smallest absolute Gasteiger partial charge is 0.161 e. The van der Waals surface area contributed by atoms with E-state index in [0.717, 1.165) is 17.7 Å². The molecule has 0 aromatic carbocycles. The summed E-state index contributed by atoms with van der Waals surface area (Å²) in [6.07, 6.45) is 4.08. The van der Waals surface area contributed by atoms with Crippen LogP contribution in [0.4, 0.5) is 0 Å². The molecule has 0 radical (unpaired) electrons. The first kappa shape index (κ1) is 9.43. The zero-order chi connectivity index (χ0) is 9.80. The topological polar surface area (TPSA) is 40.6 Å². The van der Waals surface area contributed by atoms with Crippen LogP contribution in [0.3, 0.4) is 0 Å². The maximum absolute atomic E-state index is 5.34. The number of aromatic nitrogens is 1. The summed E-state index contributed by atoms with van der Waals surface area (Å²) >= 11 is 0. The van der Waals surface area contributed by atoms with E-state index in [0.29, 0.717) is 13.2 Å². The summed E-state index contributed by atoms with van der Waals surface area (Å²) in [5.74, 6) is 0.764. The van der Waals surface area contributed by atoms with Gasteiger partial charge in [0.25, 0.3) is 0 Å². The molecular formula is C10H13NO3. The molecule has 1 aliphatic heterocycles. The molecule has 1 aromatic heterocycles. The average molecular weight is 195 g/mol. The van der Waals surface area contributed by atoms with E-state index in [1.54, 1.807) is 19.5 Å². The third kappa shape index (κ3) is 2.21. The van der Waals surface area contributed by atoms with Crippen molar-refractivity contribution in [2.45, 2.75) is 12.7 Å². The third-order valence-electron chi connectivity index (χ3n) is 2.10. The molecule has 14 heavy (non-hydrogen) atoms. The fourth-order valence-corrected chi connectivity index (χ4v) is 1.40. The number of hydrogen-bond acceptors (Lipinski definition) is 4. The van der Waals surface area contributed by atoms with Gasteiger partial charge in [-0.2, -0.15) is 0 Å². The van der Waals surface area contributed by atoms with Crippen molar-refractivity contribution < 1.29 is 14.2 Å². The summed E-state index contributed by atoms with van der Waals surface area (Å²) < 4.78 is 15.8. The van der Waals surface area contributed by atoms with Gasteiger partial charge in [-0.1, -0.05) is 0 Å². The highest BCUT2D eigenvalue weighted by molar-refractivity contribution is 5.23. The Bertz CT molecular complexity index is 297. The van der Waals surface area contributed by atoms with Gasteiger partial charge in [-0.3, -0.25) is 4.98 Å². The van der Waals surface area contributed by atoms with Crippen LogP contribution in [0.5, 0.6) is 5.75 Å². The molecule has 0 N–H and O–H groups in total. The Balaban J connectivity index is 2.00. The molecule has 4 nitrogen and oxygen atoms in total. The number of rotatable bonds is 3. The van der Waals surface area contributed by atoms with Crippen molar-refractivity contribution in [3.05, 3.63) is 24.0 Å². The molecule has 1 aromatic rings. The third-order valence-corrected chi connectivity index (χ3v) is 2.10. The van der Waals surface area contributed by atoms with Crippen LogP contribution in [0.2, 0.25) is 0 Å². The Kier molecular flexibility index (Phi) is 2.96. The second kappa shape index (κ2) is 4.39. The number of hydrogen-bond donors (Lipinski definition) is 0. The fourth-order valence-electron chi connectivity index (χ4n) is 1.40. The van der Waals surface area contributed by atoms with E-state index in [4.69, 9.17) is 14.2 Å². The second-order valence-corrected chi connectivity index (χ2v) is 3.11. The lowest BCUT2D eigenvalue weighted by molar-refractivity contribution is -0.0400. The first-order valence-electron chi connectivity index (χ1n) is 4.59. The highest BCUT2D eigenvalue weighted by Gasteiger charge is 2.16. The van der Waals surface area contributed by atoms with Crippen LogP contribution in [-0.2, 0) is 15.9 Å². The minimum absolute atomic E-state index is 0.121. The zero-order valence-electron chi connectivity index (χ0n) is 8.10. The van der Waals surface area contributed by atoms with Crippen LogP contribution in [0, 0.1) is 0 Å². The normalized spacial score (nSPS) is 17.2. The van der Waals surface area contributed by atoms with Gasteiger partial charge in [0.05, 0.1) is 26.5 Å². The van der Waals surface area contributed by atoms with Gasteiger partial charge in [0, 0.05) is 12.6 Å². The molecule has 0 aliphatic carbocycles. The SMILES string of the molecule is COc1cncc(CC2OCCO2)c1. The lowest BCUT2D eigenvalue weighted by Gasteiger charge is -2.09. The molecule has 0 bridgehead atoms. The Labute approximate surface area is 82.8 Å². The van der Waals surface area contributed by atoms with Crippen LogP contribution in [0.25, 0.3) is 0 Å². The van der Waals surface area contributed by atoms with E-state index in [1.165, 1.54) is 0 Å². The van der Waals surface area contributed by atoms with Crippen LogP contribution in [0.1, 0.15) is 5.56 Å². The molecule has 76 valence electrons. The molecule has 0 amide bonds. The van der Waals surface area contributed by atoms with E-state index >= 15 is 0 Å². The van der Waals surface area contributed by atoms with Crippen LogP contribution in [0.15, 0.2) is 18.5 Å². The van der Waals surface area contributed by atoms with Crippen LogP contribution in [-0.4, -0.2) is 31.6 Å². The van der Waals surface area contributed by atoms with Gasteiger partial charge in [-0.25, -0.2) is 0 Å². The van der Waals surface area contributed by atoms with Crippen molar-refractivity contribution in [3.8, 4) is 5.75 Å². The molecule has 1 saturated heterocycles. The Morgan fingerprint density at radius 1 is 1.43 bits per heavy atom. The lowest BCUT2D eigenvalue weighted by Crippen LogP contribution is -2.11.